The van der Waals surface area contributed by atoms with Crippen LogP contribution in [-0.4, -0.2) is 40.2 Å². The standard InChI is InChI=1S/C9H12F3N3O2S/c1-5-8(16,2-3-17-5)4-13-7-15-14-6(18-7)9(10,11)12/h5,16H,2-4H2,1H3,(H,13,15). The molecule has 2 unspecified atom stereocenters. The van der Waals surface area contributed by atoms with E-state index >= 15 is 0 Å². The molecule has 0 saturated carbocycles. The number of anilines is 1. The summed E-state index contributed by atoms with van der Waals surface area (Å²) in [6, 6.07) is 0. The normalized spacial score (nSPS) is 28.6. The molecule has 1 aromatic rings. The van der Waals surface area contributed by atoms with Crippen molar-refractivity contribution in [2.75, 3.05) is 18.5 Å². The van der Waals surface area contributed by atoms with Crippen LogP contribution in [0.1, 0.15) is 18.4 Å². The molecule has 1 fully saturated rings. The van der Waals surface area contributed by atoms with Gasteiger partial charge in [-0.3, -0.25) is 0 Å². The van der Waals surface area contributed by atoms with Gasteiger partial charge in [-0.05, 0) is 6.92 Å². The maximum Gasteiger partial charge on any atom is 0.445 e. The SMILES string of the molecule is CC1OCCC1(O)CNc1nnc(C(F)(F)F)s1. The first-order valence-corrected chi connectivity index (χ1v) is 6.11. The summed E-state index contributed by atoms with van der Waals surface area (Å²) >= 11 is 0.413. The molecule has 1 aliphatic rings. The molecular formula is C9H12F3N3O2S. The van der Waals surface area contributed by atoms with Gasteiger partial charge in [-0.25, -0.2) is 0 Å². The average Bonchev–Trinajstić information content (AvgIpc) is 2.84. The third kappa shape index (κ3) is 2.73. The molecule has 1 saturated heterocycles. The number of hydrogen-bond acceptors (Lipinski definition) is 6. The lowest BCUT2D eigenvalue weighted by atomic mass is 9.97. The van der Waals surface area contributed by atoms with Crippen LogP contribution in [-0.2, 0) is 10.9 Å². The molecule has 0 bridgehead atoms. The van der Waals surface area contributed by atoms with Gasteiger partial charge >= 0.3 is 6.18 Å². The van der Waals surface area contributed by atoms with Crippen LogP contribution in [0.2, 0.25) is 0 Å². The highest BCUT2D eigenvalue weighted by molar-refractivity contribution is 7.15. The fraction of sp³-hybridized carbons (Fsp3) is 0.778. The molecule has 0 aliphatic carbocycles. The first-order valence-electron chi connectivity index (χ1n) is 5.30. The largest absolute Gasteiger partial charge is 0.445 e. The number of aromatic nitrogens is 2. The summed E-state index contributed by atoms with van der Waals surface area (Å²) in [6.45, 7) is 2.24. The summed E-state index contributed by atoms with van der Waals surface area (Å²) in [5.74, 6) is 0. The molecular weight excluding hydrogens is 271 g/mol. The predicted molar refractivity (Wildman–Crippen MR) is 58.4 cm³/mol. The molecule has 2 N–H and O–H groups in total. The third-order valence-electron chi connectivity index (χ3n) is 2.87. The van der Waals surface area contributed by atoms with Crippen LogP contribution < -0.4 is 5.32 Å². The minimum absolute atomic E-state index is 0.0369. The molecule has 18 heavy (non-hydrogen) atoms. The van der Waals surface area contributed by atoms with Gasteiger partial charge in [-0.1, -0.05) is 11.3 Å². The van der Waals surface area contributed by atoms with Crippen molar-refractivity contribution < 1.29 is 23.0 Å². The Morgan fingerprint density at radius 1 is 1.56 bits per heavy atom. The Labute approximate surface area is 105 Å². The van der Waals surface area contributed by atoms with E-state index in [0.717, 1.165) is 0 Å². The van der Waals surface area contributed by atoms with Crippen molar-refractivity contribution in [1.29, 1.82) is 0 Å². The lowest BCUT2D eigenvalue weighted by Crippen LogP contribution is -2.43. The van der Waals surface area contributed by atoms with E-state index in [1.807, 2.05) is 0 Å². The number of rotatable bonds is 3. The molecule has 0 amide bonds. The van der Waals surface area contributed by atoms with Crippen molar-refractivity contribution in [2.24, 2.45) is 0 Å². The van der Waals surface area contributed by atoms with Gasteiger partial charge in [0, 0.05) is 19.6 Å². The highest BCUT2D eigenvalue weighted by Crippen LogP contribution is 2.33. The van der Waals surface area contributed by atoms with Crippen LogP contribution in [0, 0.1) is 0 Å². The van der Waals surface area contributed by atoms with Crippen LogP contribution in [0.4, 0.5) is 18.3 Å². The van der Waals surface area contributed by atoms with Gasteiger partial charge in [0.15, 0.2) is 0 Å². The van der Waals surface area contributed by atoms with E-state index in [1.54, 1.807) is 6.92 Å². The van der Waals surface area contributed by atoms with Crippen molar-refractivity contribution >= 4 is 16.5 Å². The fourth-order valence-electron chi connectivity index (χ4n) is 1.64. The molecule has 5 nitrogen and oxygen atoms in total. The van der Waals surface area contributed by atoms with Crippen molar-refractivity contribution in [1.82, 2.24) is 10.2 Å². The highest BCUT2D eigenvalue weighted by atomic mass is 32.1. The quantitative estimate of drug-likeness (QED) is 0.880. The van der Waals surface area contributed by atoms with E-state index < -0.39 is 16.8 Å². The molecule has 1 aliphatic heterocycles. The van der Waals surface area contributed by atoms with Crippen LogP contribution in [0.25, 0.3) is 0 Å². The Bertz CT molecular complexity index is 425. The number of alkyl halides is 3. The molecule has 2 atom stereocenters. The van der Waals surface area contributed by atoms with E-state index in [-0.39, 0.29) is 17.8 Å². The summed E-state index contributed by atoms with van der Waals surface area (Å²) < 4.78 is 42.1. The first-order chi connectivity index (χ1) is 8.31. The summed E-state index contributed by atoms with van der Waals surface area (Å²) in [7, 11) is 0. The molecule has 0 radical (unpaired) electrons. The van der Waals surface area contributed by atoms with Gasteiger partial charge in [-0.2, -0.15) is 13.2 Å². The molecule has 2 rings (SSSR count). The predicted octanol–water partition coefficient (Wildman–Crippen LogP) is 1.51. The Kier molecular flexibility index (Phi) is 3.47. The zero-order valence-electron chi connectivity index (χ0n) is 9.49. The van der Waals surface area contributed by atoms with Gasteiger partial charge < -0.3 is 15.2 Å². The number of hydrogen-bond donors (Lipinski definition) is 2. The second kappa shape index (κ2) is 4.63. The third-order valence-corrected chi connectivity index (χ3v) is 3.80. The van der Waals surface area contributed by atoms with Gasteiger partial charge in [0.05, 0.1) is 6.10 Å². The van der Waals surface area contributed by atoms with Crippen LogP contribution in [0.15, 0.2) is 0 Å². The van der Waals surface area contributed by atoms with Crippen LogP contribution in [0.3, 0.4) is 0 Å². The number of aliphatic hydroxyl groups is 1. The van der Waals surface area contributed by atoms with E-state index in [4.69, 9.17) is 4.74 Å². The van der Waals surface area contributed by atoms with E-state index in [9.17, 15) is 18.3 Å². The zero-order valence-corrected chi connectivity index (χ0v) is 10.3. The minimum atomic E-state index is -4.49. The van der Waals surface area contributed by atoms with E-state index in [2.05, 4.69) is 15.5 Å². The van der Waals surface area contributed by atoms with Gasteiger partial charge in [0.1, 0.15) is 5.60 Å². The summed E-state index contributed by atoms with van der Waals surface area (Å²) in [6.07, 6.45) is -4.41. The molecule has 2 heterocycles. The highest BCUT2D eigenvalue weighted by Gasteiger charge is 2.40. The molecule has 102 valence electrons. The first kappa shape index (κ1) is 13.5. The Morgan fingerprint density at radius 2 is 2.28 bits per heavy atom. The van der Waals surface area contributed by atoms with E-state index in [0.29, 0.717) is 24.4 Å². The Morgan fingerprint density at radius 3 is 2.78 bits per heavy atom. The summed E-state index contributed by atoms with van der Waals surface area (Å²) in [5.41, 5.74) is -1.08. The molecule has 0 spiro atoms. The average molecular weight is 283 g/mol. The summed E-state index contributed by atoms with van der Waals surface area (Å²) in [5, 5.41) is 18.3. The number of nitrogens with one attached hydrogen (secondary N) is 1. The summed E-state index contributed by atoms with van der Waals surface area (Å²) in [4.78, 5) is 0. The minimum Gasteiger partial charge on any atom is -0.385 e. The lowest BCUT2D eigenvalue weighted by Gasteiger charge is -2.25. The fourth-order valence-corrected chi connectivity index (χ4v) is 2.25. The topological polar surface area (TPSA) is 67.3 Å². The van der Waals surface area contributed by atoms with Gasteiger partial charge in [-0.15, -0.1) is 10.2 Å². The molecule has 9 heteroatoms. The van der Waals surface area contributed by atoms with Crippen LogP contribution in [0.5, 0.6) is 0 Å². The maximum absolute atomic E-state index is 12.3. The Balaban J connectivity index is 1.97. The lowest BCUT2D eigenvalue weighted by molar-refractivity contribution is -0.138. The smallest absolute Gasteiger partial charge is 0.385 e. The second-order valence-corrected chi connectivity index (χ2v) is 5.11. The zero-order chi connectivity index (χ0) is 13.4. The molecule has 1 aromatic heterocycles. The van der Waals surface area contributed by atoms with E-state index in [1.165, 1.54) is 0 Å². The van der Waals surface area contributed by atoms with Crippen molar-refractivity contribution in [3.63, 3.8) is 0 Å². The molecule has 0 aromatic carbocycles. The number of halogens is 3. The van der Waals surface area contributed by atoms with Crippen LogP contribution >= 0.6 is 11.3 Å². The van der Waals surface area contributed by atoms with Crippen molar-refractivity contribution in [3.05, 3.63) is 5.01 Å². The maximum atomic E-state index is 12.3. The Hall–Kier alpha value is -0.930. The number of ether oxygens (including phenoxy) is 1. The number of nitrogens with zero attached hydrogens (tertiary/aromatic N) is 2. The van der Waals surface area contributed by atoms with Crippen molar-refractivity contribution in [3.8, 4) is 0 Å². The van der Waals surface area contributed by atoms with Gasteiger partial charge in [0.2, 0.25) is 10.1 Å². The monoisotopic (exact) mass is 283 g/mol. The second-order valence-electron chi connectivity index (χ2n) is 4.13. The van der Waals surface area contributed by atoms with Gasteiger partial charge in [0.25, 0.3) is 0 Å². The van der Waals surface area contributed by atoms with Crippen molar-refractivity contribution in [2.45, 2.75) is 31.2 Å².